The van der Waals surface area contributed by atoms with Crippen molar-refractivity contribution in [3.05, 3.63) is 40.9 Å². The van der Waals surface area contributed by atoms with Crippen molar-refractivity contribution in [3.63, 3.8) is 0 Å². The van der Waals surface area contributed by atoms with Crippen LogP contribution in [0.3, 0.4) is 0 Å². The highest BCUT2D eigenvalue weighted by atomic mass is 32.1. The molecule has 1 aromatic heterocycles. The van der Waals surface area contributed by atoms with Crippen LogP contribution in [0.25, 0.3) is 0 Å². The van der Waals surface area contributed by atoms with Crippen LogP contribution in [0.5, 0.6) is 0 Å². The van der Waals surface area contributed by atoms with Gasteiger partial charge in [-0.05, 0) is 24.0 Å². The lowest BCUT2D eigenvalue weighted by Gasteiger charge is -2.35. The SMILES string of the molecule is CC[C@@H](CNC(=O)Nc1nncs1)N1CCc2ccccc2C1. The molecular weight excluding hydrogens is 310 g/mol. The molecule has 1 atom stereocenters. The third kappa shape index (κ3) is 4.05. The van der Waals surface area contributed by atoms with Crippen LogP contribution in [0.4, 0.5) is 9.93 Å². The highest BCUT2D eigenvalue weighted by Crippen LogP contribution is 2.21. The van der Waals surface area contributed by atoms with E-state index in [-0.39, 0.29) is 6.03 Å². The second-order valence-electron chi connectivity index (χ2n) is 5.63. The molecule has 2 amide bonds. The van der Waals surface area contributed by atoms with Crippen LogP contribution in [0.15, 0.2) is 29.8 Å². The molecule has 6 nitrogen and oxygen atoms in total. The van der Waals surface area contributed by atoms with E-state index < -0.39 is 0 Å². The van der Waals surface area contributed by atoms with E-state index in [4.69, 9.17) is 0 Å². The zero-order chi connectivity index (χ0) is 16.1. The molecule has 1 aromatic carbocycles. The van der Waals surface area contributed by atoms with Crippen LogP contribution in [0, 0.1) is 0 Å². The minimum absolute atomic E-state index is 0.224. The maximum Gasteiger partial charge on any atom is 0.321 e. The Kier molecular flexibility index (Phi) is 5.19. The smallest absolute Gasteiger partial charge is 0.321 e. The number of rotatable bonds is 5. The van der Waals surface area contributed by atoms with Gasteiger partial charge in [-0.25, -0.2) is 4.79 Å². The minimum atomic E-state index is -0.224. The Labute approximate surface area is 139 Å². The summed E-state index contributed by atoms with van der Waals surface area (Å²) in [4.78, 5) is 14.4. The van der Waals surface area contributed by atoms with Crippen molar-refractivity contribution in [2.45, 2.75) is 32.4 Å². The second kappa shape index (κ2) is 7.52. The predicted octanol–water partition coefficient (Wildman–Crippen LogP) is 2.50. The highest BCUT2D eigenvalue weighted by molar-refractivity contribution is 7.13. The molecule has 2 N–H and O–H groups in total. The molecule has 0 fully saturated rings. The van der Waals surface area contributed by atoms with E-state index >= 15 is 0 Å². The fraction of sp³-hybridized carbons (Fsp3) is 0.438. The van der Waals surface area contributed by atoms with E-state index in [0.717, 1.165) is 25.9 Å². The number of carbonyl (C=O) groups is 1. The first-order valence-corrected chi connectivity index (χ1v) is 8.76. The maximum atomic E-state index is 11.9. The van der Waals surface area contributed by atoms with Gasteiger partial charge in [0.05, 0.1) is 0 Å². The van der Waals surface area contributed by atoms with Crippen LogP contribution in [-0.2, 0) is 13.0 Å². The van der Waals surface area contributed by atoms with Crippen molar-refractivity contribution in [2.75, 3.05) is 18.4 Å². The van der Waals surface area contributed by atoms with Gasteiger partial charge in [0, 0.05) is 25.7 Å². The molecule has 2 heterocycles. The molecule has 3 rings (SSSR count). The molecule has 23 heavy (non-hydrogen) atoms. The normalized spacial score (nSPS) is 15.7. The lowest BCUT2D eigenvalue weighted by molar-refractivity contribution is 0.170. The van der Waals surface area contributed by atoms with E-state index in [1.54, 1.807) is 5.51 Å². The van der Waals surface area contributed by atoms with E-state index in [1.807, 2.05) is 0 Å². The van der Waals surface area contributed by atoms with E-state index in [1.165, 1.54) is 22.5 Å². The largest absolute Gasteiger partial charge is 0.336 e. The van der Waals surface area contributed by atoms with Crippen LogP contribution in [0.1, 0.15) is 24.5 Å². The molecule has 1 aliphatic rings. The number of carbonyl (C=O) groups excluding carboxylic acids is 1. The number of nitrogens with zero attached hydrogens (tertiary/aromatic N) is 3. The lowest BCUT2D eigenvalue weighted by atomic mass is 9.98. The molecule has 0 unspecified atom stereocenters. The molecule has 0 bridgehead atoms. The summed E-state index contributed by atoms with van der Waals surface area (Å²) in [6.07, 6.45) is 2.07. The molecule has 122 valence electrons. The summed E-state index contributed by atoms with van der Waals surface area (Å²) in [5, 5.41) is 13.7. The number of aromatic nitrogens is 2. The first kappa shape index (κ1) is 15.9. The molecule has 7 heteroatoms. The third-order valence-corrected chi connectivity index (χ3v) is 4.83. The average molecular weight is 331 g/mol. The Morgan fingerprint density at radius 2 is 2.22 bits per heavy atom. The third-order valence-electron chi connectivity index (χ3n) is 4.23. The Morgan fingerprint density at radius 1 is 1.39 bits per heavy atom. The number of benzene rings is 1. The van der Waals surface area contributed by atoms with Crippen molar-refractivity contribution in [1.82, 2.24) is 20.4 Å². The molecule has 2 aromatic rings. The van der Waals surface area contributed by atoms with Gasteiger partial charge in [-0.1, -0.05) is 42.5 Å². The molecule has 0 radical (unpaired) electrons. The van der Waals surface area contributed by atoms with E-state index in [9.17, 15) is 4.79 Å². The van der Waals surface area contributed by atoms with Crippen LogP contribution in [-0.4, -0.2) is 40.3 Å². The summed E-state index contributed by atoms with van der Waals surface area (Å²) in [7, 11) is 0. The number of hydrogen-bond donors (Lipinski definition) is 2. The Hall–Kier alpha value is -1.99. The first-order valence-electron chi connectivity index (χ1n) is 7.88. The summed E-state index contributed by atoms with van der Waals surface area (Å²) in [6.45, 7) is 4.78. The molecule has 1 aliphatic heterocycles. The number of hydrogen-bond acceptors (Lipinski definition) is 5. The van der Waals surface area contributed by atoms with E-state index in [2.05, 4.69) is 56.9 Å². The van der Waals surface area contributed by atoms with Crippen molar-refractivity contribution < 1.29 is 4.79 Å². The zero-order valence-corrected chi connectivity index (χ0v) is 14.0. The number of nitrogens with one attached hydrogen (secondary N) is 2. The number of fused-ring (bicyclic) bond motifs is 1. The van der Waals surface area contributed by atoms with Crippen LogP contribution < -0.4 is 10.6 Å². The molecular formula is C16H21N5OS. The standard InChI is InChI=1S/C16H21N5OS/c1-2-14(9-17-15(22)19-16-20-18-11-23-16)21-8-7-12-5-3-4-6-13(12)10-21/h3-6,11,14H,2,7-10H2,1H3,(H2,17,19,20,22)/t14-/m0/s1. The van der Waals surface area contributed by atoms with Crippen molar-refractivity contribution in [2.24, 2.45) is 0 Å². The molecule has 0 spiro atoms. The maximum absolute atomic E-state index is 11.9. The van der Waals surface area contributed by atoms with Gasteiger partial charge in [-0.2, -0.15) is 0 Å². The molecule has 0 saturated heterocycles. The second-order valence-corrected chi connectivity index (χ2v) is 6.46. The van der Waals surface area contributed by atoms with Gasteiger partial charge in [0.1, 0.15) is 5.51 Å². The predicted molar refractivity (Wildman–Crippen MR) is 91.6 cm³/mol. The Morgan fingerprint density at radius 3 is 2.96 bits per heavy atom. The summed E-state index contributed by atoms with van der Waals surface area (Å²) >= 11 is 1.31. The van der Waals surface area contributed by atoms with Gasteiger partial charge in [0.25, 0.3) is 0 Å². The molecule has 0 aliphatic carbocycles. The van der Waals surface area contributed by atoms with Gasteiger partial charge in [-0.3, -0.25) is 10.2 Å². The number of urea groups is 1. The first-order chi connectivity index (χ1) is 11.3. The summed E-state index contributed by atoms with van der Waals surface area (Å²) < 4.78 is 0. The van der Waals surface area contributed by atoms with E-state index in [0.29, 0.717) is 17.7 Å². The summed E-state index contributed by atoms with van der Waals surface area (Å²) in [5.74, 6) is 0. The number of anilines is 1. The summed E-state index contributed by atoms with van der Waals surface area (Å²) in [6, 6.07) is 8.72. The van der Waals surface area contributed by atoms with Gasteiger partial charge >= 0.3 is 6.03 Å². The lowest BCUT2D eigenvalue weighted by Crippen LogP contribution is -2.46. The number of amides is 2. The van der Waals surface area contributed by atoms with Crippen LogP contribution >= 0.6 is 11.3 Å². The monoisotopic (exact) mass is 331 g/mol. The topological polar surface area (TPSA) is 70.1 Å². The highest BCUT2D eigenvalue weighted by Gasteiger charge is 2.22. The Balaban J connectivity index is 1.53. The minimum Gasteiger partial charge on any atom is -0.336 e. The van der Waals surface area contributed by atoms with Crippen molar-refractivity contribution in [1.29, 1.82) is 0 Å². The average Bonchev–Trinajstić information content (AvgIpc) is 3.08. The van der Waals surface area contributed by atoms with Crippen LogP contribution in [0.2, 0.25) is 0 Å². The van der Waals surface area contributed by atoms with Gasteiger partial charge in [0.15, 0.2) is 0 Å². The Bertz CT molecular complexity index is 646. The quantitative estimate of drug-likeness (QED) is 0.883. The fourth-order valence-corrected chi connectivity index (χ4v) is 3.38. The molecule has 0 saturated carbocycles. The van der Waals surface area contributed by atoms with Crippen molar-refractivity contribution in [3.8, 4) is 0 Å². The zero-order valence-electron chi connectivity index (χ0n) is 13.2. The fourth-order valence-electron chi connectivity index (χ4n) is 2.94. The van der Waals surface area contributed by atoms with Crippen molar-refractivity contribution >= 4 is 22.5 Å². The van der Waals surface area contributed by atoms with Gasteiger partial charge in [0.2, 0.25) is 5.13 Å². The van der Waals surface area contributed by atoms with Gasteiger partial charge < -0.3 is 5.32 Å². The summed E-state index contributed by atoms with van der Waals surface area (Å²) in [5.41, 5.74) is 4.44. The van der Waals surface area contributed by atoms with Gasteiger partial charge in [-0.15, -0.1) is 10.2 Å².